The van der Waals surface area contributed by atoms with Gasteiger partial charge in [-0.1, -0.05) is 41.6 Å². The zero-order chi connectivity index (χ0) is 23.6. The van der Waals surface area contributed by atoms with Crippen molar-refractivity contribution in [2.45, 2.75) is 17.9 Å². The molecule has 1 aliphatic heterocycles. The highest BCUT2D eigenvalue weighted by Gasteiger charge is 2.28. The average Bonchev–Trinajstić information content (AvgIpc) is 3.26. The number of aliphatic imine (C=N–C) groups is 1. The van der Waals surface area contributed by atoms with E-state index in [4.69, 9.17) is 11.6 Å². The fourth-order valence-corrected chi connectivity index (χ4v) is 5.68. The number of rotatable bonds is 5. The standard InChI is InChI=1S/C24H22ClN3O3S2/c1-17-16-32-24(26-17)28(21-12-10-19(25)11-13-21)23(29)18-8-14-22(15-9-18)33(30,31)27(2)20-6-4-3-5-7-20/h3-15,17H,16H2,1-2H3/t17-/m1/s1. The Kier molecular flexibility index (Phi) is 6.78. The van der Waals surface area contributed by atoms with Crippen LogP contribution in [0.5, 0.6) is 0 Å². The van der Waals surface area contributed by atoms with Gasteiger partial charge in [0, 0.05) is 23.4 Å². The maximum absolute atomic E-state index is 13.5. The molecule has 1 amide bonds. The van der Waals surface area contributed by atoms with Crippen LogP contribution in [0.2, 0.25) is 5.02 Å². The summed E-state index contributed by atoms with van der Waals surface area (Å²) in [6.07, 6.45) is 0. The molecule has 1 heterocycles. The van der Waals surface area contributed by atoms with Gasteiger partial charge in [-0.2, -0.15) is 0 Å². The molecule has 0 radical (unpaired) electrons. The summed E-state index contributed by atoms with van der Waals surface area (Å²) in [5.74, 6) is 0.494. The lowest BCUT2D eigenvalue weighted by Crippen LogP contribution is -2.34. The molecule has 0 spiro atoms. The summed E-state index contributed by atoms with van der Waals surface area (Å²) in [7, 11) is -2.27. The van der Waals surface area contributed by atoms with Gasteiger partial charge in [-0.25, -0.2) is 8.42 Å². The second kappa shape index (κ2) is 9.59. The van der Waals surface area contributed by atoms with E-state index >= 15 is 0 Å². The van der Waals surface area contributed by atoms with Crippen LogP contribution < -0.4 is 9.21 Å². The molecular formula is C24H22ClN3O3S2. The lowest BCUT2D eigenvalue weighted by atomic mass is 10.2. The Balaban J connectivity index is 1.64. The van der Waals surface area contributed by atoms with Crippen molar-refractivity contribution in [2.75, 3.05) is 22.0 Å². The number of para-hydroxylation sites is 1. The molecule has 0 fully saturated rings. The number of halogens is 1. The van der Waals surface area contributed by atoms with E-state index in [9.17, 15) is 13.2 Å². The van der Waals surface area contributed by atoms with Crippen LogP contribution in [-0.4, -0.2) is 38.3 Å². The van der Waals surface area contributed by atoms with Crippen LogP contribution in [-0.2, 0) is 10.0 Å². The molecule has 0 aliphatic carbocycles. The predicted molar refractivity (Wildman–Crippen MR) is 136 cm³/mol. The maximum atomic E-state index is 13.5. The van der Waals surface area contributed by atoms with Gasteiger partial charge >= 0.3 is 0 Å². The minimum atomic E-state index is -3.77. The average molecular weight is 500 g/mol. The molecule has 0 unspecified atom stereocenters. The minimum Gasteiger partial charge on any atom is -0.269 e. The largest absolute Gasteiger partial charge is 0.269 e. The van der Waals surface area contributed by atoms with Crippen molar-refractivity contribution in [1.29, 1.82) is 0 Å². The molecule has 0 saturated carbocycles. The molecule has 0 N–H and O–H groups in total. The number of hydrogen-bond acceptors (Lipinski definition) is 5. The normalized spacial score (nSPS) is 15.7. The summed E-state index contributed by atoms with van der Waals surface area (Å²) in [6, 6.07) is 21.9. The summed E-state index contributed by atoms with van der Waals surface area (Å²) in [4.78, 5) is 19.7. The van der Waals surface area contributed by atoms with E-state index in [0.29, 0.717) is 27.1 Å². The molecule has 6 nitrogen and oxygen atoms in total. The number of carbonyl (C=O) groups excluding carboxylic acids is 1. The zero-order valence-electron chi connectivity index (χ0n) is 18.1. The molecule has 170 valence electrons. The van der Waals surface area contributed by atoms with Crippen molar-refractivity contribution in [3.05, 3.63) is 89.4 Å². The van der Waals surface area contributed by atoms with Gasteiger partial charge in [-0.3, -0.25) is 19.0 Å². The number of sulfonamides is 1. The van der Waals surface area contributed by atoms with Crippen molar-refractivity contribution in [1.82, 2.24) is 0 Å². The van der Waals surface area contributed by atoms with Crippen LogP contribution in [0.15, 0.2) is 88.8 Å². The van der Waals surface area contributed by atoms with Gasteiger partial charge in [0.05, 0.1) is 22.3 Å². The quantitative estimate of drug-likeness (QED) is 0.477. The van der Waals surface area contributed by atoms with Crippen LogP contribution >= 0.6 is 23.4 Å². The van der Waals surface area contributed by atoms with Crippen LogP contribution in [0.1, 0.15) is 17.3 Å². The fraction of sp³-hybridized carbons (Fsp3) is 0.167. The van der Waals surface area contributed by atoms with Crippen molar-refractivity contribution < 1.29 is 13.2 Å². The molecule has 3 aromatic carbocycles. The molecule has 0 aromatic heterocycles. The van der Waals surface area contributed by atoms with Crippen molar-refractivity contribution in [2.24, 2.45) is 4.99 Å². The van der Waals surface area contributed by atoms with Crippen LogP contribution in [0.3, 0.4) is 0 Å². The number of carbonyl (C=O) groups is 1. The smallest absolute Gasteiger partial charge is 0.264 e. The topological polar surface area (TPSA) is 70.1 Å². The number of nitrogens with zero attached hydrogens (tertiary/aromatic N) is 3. The van der Waals surface area contributed by atoms with Gasteiger partial charge in [0.15, 0.2) is 5.17 Å². The molecule has 1 atom stereocenters. The highest BCUT2D eigenvalue weighted by Crippen LogP contribution is 2.29. The molecular weight excluding hydrogens is 478 g/mol. The van der Waals surface area contributed by atoms with E-state index in [-0.39, 0.29) is 16.8 Å². The summed E-state index contributed by atoms with van der Waals surface area (Å²) in [5.41, 5.74) is 1.55. The van der Waals surface area contributed by atoms with E-state index in [1.807, 2.05) is 13.0 Å². The lowest BCUT2D eigenvalue weighted by molar-refractivity contribution is 0.100. The second-order valence-corrected chi connectivity index (χ2v) is 10.9. The van der Waals surface area contributed by atoms with Gasteiger partial charge in [-0.15, -0.1) is 0 Å². The number of benzene rings is 3. The summed E-state index contributed by atoms with van der Waals surface area (Å²) < 4.78 is 27.3. The number of thioether (sulfide) groups is 1. The molecule has 9 heteroatoms. The molecule has 0 bridgehead atoms. The number of hydrogen-bond donors (Lipinski definition) is 0. The van der Waals surface area contributed by atoms with Gasteiger partial charge in [0.2, 0.25) is 0 Å². The number of amidine groups is 1. The number of amides is 1. The van der Waals surface area contributed by atoms with Crippen LogP contribution in [0.4, 0.5) is 11.4 Å². The van der Waals surface area contributed by atoms with E-state index in [1.54, 1.807) is 53.4 Å². The third kappa shape index (κ3) is 4.93. The monoisotopic (exact) mass is 499 g/mol. The zero-order valence-corrected chi connectivity index (χ0v) is 20.4. The Morgan fingerprint density at radius 2 is 1.61 bits per heavy atom. The van der Waals surface area contributed by atoms with Crippen molar-refractivity contribution in [3.63, 3.8) is 0 Å². The predicted octanol–water partition coefficient (Wildman–Crippen LogP) is 5.30. The molecule has 33 heavy (non-hydrogen) atoms. The van der Waals surface area contributed by atoms with E-state index in [1.165, 1.54) is 47.4 Å². The number of anilines is 2. The lowest BCUT2D eigenvalue weighted by Gasteiger charge is -2.23. The van der Waals surface area contributed by atoms with Crippen LogP contribution in [0.25, 0.3) is 0 Å². The van der Waals surface area contributed by atoms with Crippen molar-refractivity contribution in [3.8, 4) is 0 Å². The fourth-order valence-electron chi connectivity index (χ4n) is 3.32. The Morgan fingerprint density at radius 3 is 2.18 bits per heavy atom. The second-order valence-electron chi connectivity index (χ2n) is 7.52. The first-order valence-corrected chi connectivity index (χ1v) is 13.0. The Hall–Kier alpha value is -2.81. The van der Waals surface area contributed by atoms with Crippen LogP contribution in [0, 0.1) is 0 Å². The van der Waals surface area contributed by atoms with E-state index in [2.05, 4.69) is 4.99 Å². The Morgan fingerprint density at radius 1 is 0.970 bits per heavy atom. The van der Waals surface area contributed by atoms with E-state index < -0.39 is 10.0 Å². The minimum absolute atomic E-state index is 0.102. The SMILES string of the molecule is C[C@@H]1CSC(N(C(=O)c2ccc(S(=O)(=O)N(C)c3ccccc3)cc2)c2ccc(Cl)cc2)=N1. The molecule has 0 saturated heterocycles. The molecule has 1 aliphatic rings. The van der Waals surface area contributed by atoms with Gasteiger partial charge < -0.3 is 0 Å². The first-order valence-electron chi connectivity index (χ1n) is 10.2. The first kappa shape index (κ1) is 23.4. The molecule has 4 rings (SSSR count). The summed E-state index contributed by atoms with van der Waals surface area (Å²) in [5, 5.41) is 1.17. The maximum Gasteiger partial charge on any atom is 0.264 e. The summed E-state index contributed by atoms with van der Waals surface area (Å²) >= 11 is 7.54. The highest BCUT2D eigenvalue weighted by molar-refractivity contribution is 8.14. The molecule has 3 aromatic rings. The van der Waals surface area contributed by atoms with E-state index in [0.717, 1.165) is 5.75 Å². The Bertz CT molecular complexity index is 1280. The van der Waals surface area contributed by atoms with Gasteiger partial charge in [0.25, 0.3) is 15.9 Å². The first-order chi connectivity index (χ1) is 15.8. The highest BCUT2D eigenvalue weighted by atomic mass is 35.5. The van der Waals surface area contributed by atoms with Gasteiger partial charge in [0.1, 0.15) is 0 Å². The summed E-state index contributed by atoms with van der Waals surface area (Å²) in [6.45, 7) is 1.99. The Labute approximate surface area is 202 Å². The third-order valence-corrected chi connectivity index (χ3v) is 8.39. The third-order valence-electron chi connectivity index (χ3n) is 5.14. The van der Waals surface area contributed by atoms with Crippen molar-refractivity contribution >= 4 is 55.8 Å². The van der Waals surface area contributed by atoms with Gasteiger partial charge in [-0.05, 0) is 67.6 Å².